The first-order valence-electron chi connectivity index (χ1n) is 13.5. The Morgan fingerprint density at radius 2 is 1.52 bits per heavy atom. The van der Waals surface area contributed by atoms with Crippen LogP contribution in [-0.4, -0.2) is 50.9 Å². The van der Waals surface area contributed by atoms with Crippen LogP contribution in [0.15, 0.2) is 83.8 Å². The van der Waals surface area contributed by atoms with Gasteiger partial charge in [-0.1, -0.05) is 62.4 Å². The van der Waals surface area contributed by atoms with Crippen molar-refractivity contribution in [2.24, 2.45) is 0 Å². The Morgan fingerprint density at radius 1 is 0.900 bits per heavy atom. The number of nitrogens with zero attached hydrogens (tertiary/aromatic N) is 2. The zero-order valence-electron chi connectivity index (χ0n) is 23.8. The minimum atomic E-state index is -4.09. The van der Waals surface area contributed by atoms with Crippen LogP contribution in [0.3, 0.4) is 0 Å². The first-order chi connectivity index (χ1) is 19.1. The minimum absolute atomic E-state index is 0.0681. The first kappa shape index (κ1) is 30.7. The third-order valence-electron chi connectivity index (χ3n) is 6.89. The van der Waals surface area contributed by atoms with Crippen LogP contribution in [-0.2, 0) is 26.2 Å². The molecule has 0 radical (unpaired) electrons. The number of nitrogens with one attached hydrogen (secondary N) is 1. The van der Waals surface area contributed by atoms with Gasteiger partial charge >= 0.3 is 0 Å². The smallest absolute Gasteiger partial charge is 0.264 e. The van der Waals surface area contributed by atoms with Crippen molar-refractivity contribution < 1.29 is 22.7 Å². The molecular weight excluding hydrogens is 526 g/mol. The van der Waals surface area contributed by atoms with E-state index < -0.39 is 28.5 Å². The number of anilines is 1. The molecule has 0 bridgehead atoms. The molecule has 3 aromatic rings. The second-order valence-corrected chi connectivity index (χ2v) is 11.6. The molecule has 8 nitrogen and oxygen atoms in total. The van der Waals surface area contributed by atoms with Gasteiger partial charge in [0.05, 0.1) is 17.7 Å². The van der Waals surface area contributed by atoms with Gasteiger partial charge in [-0.25, -0.2) is 8.42 Å². The number of sulfonamides is 1. The fraction of sp³-hybridized carbons (Fsp3) is 0.355. The number of rotatable bonds is 13. The van der Waals surface area contributed by atoms with Crippen molar-refractivity contribution >= 4 is 27.5 Å². The largest absolute Gasteiger partial charge is 0.497 e. The molecule has 40 heavy (non-hydrogen) atoms. The first-order valence-corrected chi connectivity index (χ1v) is 14.9. The monoisotopic (exact) mass is 565 g/mol. The van der Waals surface area contributed by atoms with E-state index in [0.717, 1.165) is 16.3 Å². The van der Waals surface area contributed by atoms with Crippen LogP contribution in [0, 0.1) is 6.92 Å². The molecule has 3 aromatic carbocycles. The van der Waals surface area contributed by atoms with Gasteiger partial charge in [0.15, 0.2) is 0 Å². The van der Waals surface area contributed by atoms with E-state index in [-0.39, 0.29) is 23.4 Å². The molecule has 9 heteroatoms. The maximum absolute atomic E-state index is 14.1. The topological polar surface area (TPSA) is 96.0 Å². The van der Waals surface area contributed by atoms with Crippen molar-refractivity contribution in [1.29, 1.82) is 0 Å². The number of aryl methyl sites for hydroxylation is 1. The van der Waals surface area contributed by atoms with Crippen molar-refractivity contribution in [3.8, 4) is 5.75 Å². The highest BCUT2D eigenvalue weighted by molar-refractivity contribution is 7.92. The van der Waals surface area contributed by atoms with Crippen molar-refractivity contribution in [1.82, 2.24) is 10.2 Å². The van der Waals surface area contributed by atoms with Crippen molar-refractivity contribution in [2.75, 3.05) is 18.0 Å². The van der Waals surface area contributed by atoms with Gasteiger partial charge in [-0.3, -0.25) is 13.9 Å². The van der Waals surface area contributed by atoms with Gasteiger partial charge in [0.25, 0.3) is 10.0 Å². The number of benzene rings is 3. The fourth-order valence-corrected chi connectivity index (χ4v) is 5.86. The summed E-state index contributed by atoms with van der Waals surface area (Å²) in [7, 11) is -2.52. The van der Waals surface area contributed by atoms with Gasteiger partial charge in [-0.05, 0) is 68.1 Å². The SMILES string of the molecule is CC[C@@H](C)NC(=O)[C@H](CC)N(Cc1ccc(OC)cc1)C(=O)CN(c1ccccc1C)S(=O)(=O)c1ccccc1. The molecule has 0 saturated carbocycles. The van der Waals surface area contributed by atoms with Crippen molar-refractivity contribution in [3.05, 3.63) is 90.0 Å². The maximum atomic E-state index is 14.1. The van der Waals surface area contributed by atoms with Gasteiger partial charge in [0, 0.05) is 12.6 Å². The third-order valence-corrected chi connectivity index (χ3v) is 8.67. The van der Waals surface area contributed by atoms with E-state index in [1.807, 2.05) is 39.0 Å². The minimum Gasteiger partial charge on any atom is -0.497 e. The molecule has 0 saturated heterocycles. The Bertz CT molecular complexity index is 1380. The van der Waals surface area contributed by atoms with Crippen molar-refractivity contribution in [2.45, 2.75) is 64.1 Å². The summed E-state index contributed by atoms with van der Waals surface area (Å²) in [6.45, 7) is 7.19. The number of amides is 2. The van der Waals surface area contributed by atoms with Gasteiger partial charge < -0.3 is 15.0 Å². The Kier molecular flexibility index (Phi) is 10.7. The predicted molar refractivity (Wildman–Crippen MR) is 158 cm³/mol. The van der Waals surface area contributed by atoms with Crippen LogP contribution >= 0.6 is 0 Å². The Hall–Kier alpha value is -3.85. The lowest BCUT2D eigenvalue weighted by atomic mass is 10.1. The normalized spacial score (nSPS) is 12.7. The van der Waals surface area contributed by atoms with Crippen molar-refractivity contribution in [3.63, 3.8) is 0 Å². The van der Waals surface area contributed by atoms with E-state index in [2.05, 4.69) is 5.32 Å². The van der Waals surface area contributed by atoms with E-state index in [1.165, 1.54) is 17.0 Å². The number of hydrogen-bond donors (Lipinski definition) is 1. The molecule has 0 fully saturated rings. The molecule has 0 heterocycles. The summed E-state index contributed by atoms with van der Waals surface area (Å²) in [4.78, 5) is 29.0. The lowest BCUT2D eigenvalue weighted by Gasteiger charge is -2.34. The zero-order valence-corrected chi connectivity index (χ0v) is 24.6. The summed E-state index contributed by atoms with van der Waals surface area (Å²) in [6.07, 6.45) is 1.10. The molecule has 0 aliphatic carbocycles. The highest BCUT2D eigenvalue weighted by Crippen LogP contribution is 2.27. The molecular formula is C31H39N3O5S. The maximum Gasteiger partial charge on any atom is 0.264 e. The number of carbonyl (C=O) groups is 2. The number of ether oxygens (including phenoxy) is 1. The fourth-order valence-electron chi connectivity index (χ4n) is 4.36. The molecule has 2 amide bonds. The van der Waals surface area contributed by atoms with Crippen LogP contribution < -0.4 is 14.4 Å². The van der Waals surface area contributed by atoms with E-state index in [4.69, 9.17) is 4.74 Å². The standard InChI is InChI=1S/C31H39N3O5S/c1-6-24(4)32-31(36)28(7-2)33(21-25-17-19-26(39-5)20-18-25)30(35)22-34(29-16-12-11-13-23(29)3)40(37,38)27-14-9-8-10-15-27/h8-20,24,28H,6-7,21-22H2,1-5H3,(H,32,36)/t24-,28+/m1/s1. The molecule has 0 aromatic heterocycles. The number of methoxy groups -OCH3 is 1. The summed E-state index contributed by atoms with van der Waals surface area (Å²) in [6, 6.07) is 21.5. The number of para-hydroxylation sites is 1. The summed E-state index contributed by atoms with van der Waals surface area (Å²) < 4.78 is 34.2. The second kappa shape index (κ2) is 14.0. The molecule has 3 rings (SSSR count). The summed E-state index contributed by atoms with van der Waals surface area (Å²) in [5.41, 5.74) is 1.90. The highest BCUT2D eigenvalue weighted by atomic mass is 32.2. The molecule has 1 N–H and O–H groups in total. The van der Waals surface area contributed by atoms with E-state index in [9.17, 15) is 18.0 Å². The highest BCUT2D eigenvalue weighted by Gasteiger charge is 2.34. The van der Waals surface area contributed by atoms with Crippen LogP contribution in [0.1, 0.15) is 44.7 Å². The van der Waals surface area contributed by atoms with E-state index in [1.54, 1.807) is 62.6 Å². The molecule has 0 spiro atoms. The number of carbonyl (C=O) groups excluding carboxylic acids is 2. The zero-order chi connectivity index (χ0) is 29.3. The molecule has 2 atom stereocenters. The van der Waals surface area contributed by atoms with Gasteiger partial charge in [-0.2, -0.15) is 0 Å². The predicted octanol–water partition coefficient (Wildman–Crippen LogP) is 4.92. The van der Waals surface area contributed by atoms with Gasteiger partial charge in [-0.15, -0.1) is 0 Å². The molecule has 0 unspecified atom stereocenters. The summed E-state index contributed by atoms with van der Waals surface area (Å²) in [5.74, 6) is -0.0836. The van der Waals surface area contributed by atoms with Crippen LogP contribution in [0.2, 0.25) is 0 Å². The Labute approximate surface area is 238 Å². The average molecular weight is 566 g/mol. The quantitative estimate of drug-likeness (QED) is 0.317. The summed E-state index contributed by atoms with van der Waals surface area (Å²) in [5, 5.41) is 2.99. The Balaban J connectivity index is 2.05. The Morgan fingerprint density at radius 3 is 2.10 bits per heavy atom. The second-order valence-electron chi connectivity index (χ2n) is 9.72. The van der Waals surface area contributed by atoms with Crippen LogP contribution in [0.4, 0.5) is 5.69 Å². The van der Waals surface area contributed by atoms with Crippen LogP contribution in [0.25, 0.3) is 0 Å². The molecule has 214 valence electrons. The van der Waals surface area contributed by atoms with Crippen LogP contribution in [0.5, 0.6) is 5.75 Å². The van der Waals surface area contributed by atoms with Gasteiger partial charge in [0.1, 0.15) is 18.3 Å². The lowest BCUT2D eigenvalue weighted by molar-refractivity contribution is -0.140. The third kappa shape index (κ3) is 7.41. The molecule has 0 aliphatic heterocycles. The average Bonchev–Trinajstić information content (AvgIpc) is 2.96. The lowest BCUT2D eigenvalue weighted by Crippen LogP contribution is -2.53. The van der Waals surface area contributed by atoms with Gasteiger partial charge in [0.2, 0.25) is 11.8 Å². The summed E-state index contributed by atoms with van der Waals surface area (Å²) >= 11 is 0. The van der Waals surface area contributed by atoms with E-state index >= 15 is 0 Å². The number of hydrogen-bond acceptors (Lipinski definition) is 5. The van der Waals surface area contributed by atoms with E-state index in [0.29, 0.717) is 23.4 Å². The molecule has 0 aliphatic rings.